The molecule has 5 rings (SSSR count). The lowest BCUT2D eigenvalue weighted by molar-refractivity contribution is 0.100. The second-order valence-corrected chi connectivity index (χ2v) is 8.22. The lowest BCUT2D eigenvalue weighted by Crippen LogP contribution is -2.22. The molecule has 3 aromatic heterocycles. The number of para-hydroxylation sites is 2. The van der Waals surface area contributed by atoms with Crippen LogP contribution < -0.4 is 15.8 Å². The summed E-state index contributed by atoms with van der Waals surface area (Å²) in [5, 5.41) is 0. The van der Waals surface area contributed by atoms with Gasteiger partial charge < -0.3 is 10.3 Å². The van der Waals surface area contributed by atoms with Gasteiger partial charge in [-0.1, -0.05) is 23.5 Å². The number of aryl methyl sites for hydroxylation is 1. The minimum atomic E-state index is -0.449. The Morgan fingerprint density at radius 2 is 1.83 bits per heavy atom. The summed E-state index contributed by atoms with van der Waals surface area (Å²) < 4.78 is 4.41. The molecule has 7 heteroatoms. The molecule has 0 aliphatic heterocycles. The van der Waals surface area contributed by atoms with Crippen LogP contribution in [0.25, 0.3) is 27.8 Å². The van der Waals surface area contributed by atoms with E-state index >= 15 is 0 Å². The summed E-state index contributed by atoms with van der Waals surface area (Å²) in [6.07, 6.45) is 1.92. The van der Waals surface area contributed by atoms with Crippen molar-refractivity contribution in [2.24, 2.45) is 5.73 Å². The molecule has 0 saturated carbocycles. The van der Waals surface area contributed by atoms with Gasteiger partial charge in [-0.05, 0) is 68.0 Å². The standard InChI is InChI=1S/C23H18N4O2S/c1-13-11-16(14(2)26(13)17-9-7-15(8-10-17)21(24)28)12-20-22(29)27-19-6-4-3-5-18(19)25-23(27)30-20/h3-12H,1-2H3,(H2,24,28)/b20-12-. The molecule has 0 bridgehead atoms. The van der Waals surface area contributed by atoms with E-state index in [2.05, 4.69) is 15.6 Å². The third-order valence-electron chi connectivity index (χ3n) is 5.31. The molecular formula is C23H18N4O2S. The highest BCUT2D eigenvalue weighted by molar-refractivity contribution is 7.15. The van der Waals surface area contributed by atoms with Crippen LogP contribution in [0.1, 0.15) is 27.3 Å². The van der Waals surface area contributed by atoms with E-state index in [0.717, 1.165) is 33.7 Å². The smallest absolute Gasteiger partial charge is 0.274 e. The average molecular weight is 414 g/mol. The molecule has 1 amide bonds. The molecular weight excluding hydrogens is 396 g/mol. The number of carbonyl (C=O) groups is 1. The molecule has 2 aromatic carbocycles. The molecule has 5 aromatic rings. The quantitative estimate of drug-likeness (QED) is 0.493. The van der Waals surface area contributed by atoms with E-state index in [4.69, 9.17) is 5.73 Å². The Hall–Kier alpha value is -3.71. The second-order valence-electron chi connectivity index (χ2n) is 7.21. The zero-order chi connectivity index (χ0) is 21.0. The first-order valence-electron chi connectivity index (χ1n) is 9.45. The Bertz CT molecular complexity index is 1560. The molecule has 3 heterocycles. The molecule has 0 saturated heterocycles. The number of fused-ring (bicyclic) bond motifs is 3. The number of rotatable bonds is 3. The first-order valence-corrected chi connectivity index (χ1v) is 10.3. The van der Waals surface area contributed by atoms with E-state index in [-0.39, 0.29) is 5.56 Å². The maximum atomic E-state index is 13.0. The fraction of sp³-hybridized carbons (Fsp3) is 0.0870. The summed E-state index contributed by atoms with van der Waals surface area (Å²) in [4.78, 5) is 29.6. The predicted molar refractivity (Wildman–Crippen MR) is 119 cm³/mol. The topological polar surface area (TPSA) is 82.4 Å². The summed E-state index contributed by atoms with van der Waals surface area (Å²) in [6, 6.07) is 16.9. The lowest BCUT2D eigenvalue weighted by atomic mass is 10.2. The Morgan fingerprint density at radius 3 is 2.57 bits per heavy atom. The van der Waals surface area contributed by atoms with Crippen molar-refractivity contribution in [2.75, 3.05) is 0 Å². The zero-order valence-corrected chi connectivity index (χ0v) is 17.2. The molecule has 30 heavy (non-hydrogen) atoms. The number of aromatic nitrogens is 3. The monoisotopic (exact) mass is 414 g/mol. The predicted octanol–water partition coefficient (Wildman–Crippen LogP) is 2.96. The number of imidazole rings is 1. The third kappa shape index (κ3) is 2.74. The van der Waals surface area contributed by atoms with Crippen LogP contribution in [-0.4, -0.2) is 19.9 Å². The largest absolute Gasteiger partial charge is 0.366 e. The number of amides is 1. The molecule has 0 aliphatic carbocycles. The van der Waals surface area contributed by atoms with Crippen LogP contribution in [-0.2, 0) is 0 Å². The molecule has 0 spiro atoms. The number of nitrogens with two attached hydrogens (primary N) is 1. The minimum Gasteiger partial charge on any atom is -0.366 e. The van der Waals surface area contributed by atoms with Crippen LogP contribution in [0.4, 0.5) is 0 Å². The third-order valence-corrected chi connectivity index (χ3v) is 6.28. The van der Waals surface area contributed by atoms with Gasteiger partial charge in [0.05, 0.1) is 15.6 Å². The van der Waals surface area contributed by atoms with Crippen molar-refractivity contribution >= 4 is 39.3 Å². The van der Waals surface area contributed by atoms with Crippen LogP contribution in [0.2, 0.25) is 0 Å². The lowest BCUT2D eigenvalue weighted by Gasteiger charge is -2.10. The summed E-state index contributed by atoms with van der Waals surface area (Å²) in [6.45, 7) is 4.03. The summed E-state index contributed by atoms with van der Waals surface area (Å²) >= 11 is 1.39. The number of carbonyl (C=O) groups excluding carboxylic acids is 1. The van der Waals surface area contributed by atoms with Crippen molar-refractivity contribution in [3.63, 3.8) is 0 Å². The van der Waals surface area contributed by atoms with Gasteiger partial charge in [-0.25, -0.2) is 9.38 Å². The van der Waals surface area contributed by atoms with Crippen molar-refractivity contribution in [2.45, 2.75) is 13.8 Å². The van der Waals surface area contributed by atoms with Gasteiger partial charge >= 0.3 is 0 Å². The van der Waals surface area contributed by atoms with Gasteiger partial charge in [-0.3, -0.25) is 9.59 Å². The van der Waals surface area contributed by atoms with Crippen molar-refractivity contribution in [1.29, 1.82) is 0 Å². The maximum absolute atomic E-state index is 13.0. The van der Waals surface area contributed by atoms with Crippen LogP contribution in [0.5, 0.6) is 0 Å². The average Bonchev–Trinajstić information content (AvgIpc) is 3.33. The van der Waals surface area contributed by atoms with Crippen molar-refractivity contribution in [3.8, 4) is 5.69 Å². The molecule has 0 radical (unpaired) electrons. The zero-order valence-electron chi connectivity index (χ0n) is 16.4. The highest BCUT2D eigenvalue weighted by Crippen LogP contribution is 2.22. The molecule has 148 valence electrons. The maximum Gasteiger partial charge on any atom is 0.274 e. The molecule has 0 fully saturated rings. The van der Waals surface area contributed by atoms with E-state index in [9.17, 15) is 9.59 Å². The van der Waals surface area contributed by atoms with Crippen molar-refractivity contribution in [1.82, 2.24) is 14.0 Å². The first kappa shape index (κ1) is 18.3. The van der Waals surface area contributed by atoms with Crippen molar-refractivity contribution < 1.29 is 4.79 Å². The van der Waals surface area contributed by atoms with Crippen LogP contribution >= 0.6 is 11.3 Å². The van der Waals surface area contributed by atoms with E-state index < -0.39 is 5.91 Å². The normalized spacial score (nSPS) is 12.3. The Kier molecular flexibility index (Phi) is 4.08. The number of primary amides is 1. The van der Waals surface area contributed by atoms with Gasteiger partial charge in [0.25, 0.3) is 5.56 Å². The fourth-order valence-electron chi connectivity index (χ4n) is 3.86. The van der Waals surface area contributed by atoms with Gasteiger partial charge in [0.15, 0.2) is 4.96 Å². The Balaban J connectivity index is 1.64. The van der Waals surface area contributed by atoms with Crippen molar-refractivity contribution in [3.05, 3.63) is 92.0 Å². The summed E-state index contributed by atoms with van der Waals surface area (Å²) in [5.74, 6) is -0.449. The van der Waals surface area contributed by atoms with E-state index in [1.54, 1.807) is 16.5 Å². The molecule has 0 atom stereocenters. The number of hydrogen-bond donors (Lipinski definition) is 1. The van der Waals surface area contributed by atoms with Gasteiger partial charge in [0, 0.05) is 22.6 Å². The SMILES string of the molecule is Cc1cc(/C=c2\sc3nc4ccccc4n3c2=O)c(C)n1-c1ccc(C(N)=O)cc1. The number of thiazole rings is 1. The highest BCUT2D eigenvalue weighted by Gasteiger charge is 2.13. The Morgan fingerprint density at radius 1 is 1.10 bits per heavy atom. The highest BCUT2D eigenvalue weighted by atomic mass is 32.1. The van der Waals surface area contributed by atoms with Crippen LogP contribution in [0.3, 0.4) is 0 Å². The first-order chi connectivity index (χ1) is 14.4. The second kappa shape index (κ2) is 6.67. The van der Waals surface area contributed by atoms with Crippen LogP contribution in [0.15, 0.2) is 59.4 Å². The van der Waals surface area contributed by atoms with Gasteiger partial charge in [-0.15, -0.1) is 0 Å². The fourth-order valence-corrected chi connectivity index (χ4v) is 4.84. The molecule has 2 N–H and O–H groups in total. The molecule has 0 unspecified atom stereocenters. The van der Waals surface area contributed by atoms with Gasteiger partial charge in [0.1, 0.15) is 0 Å². The minimum absolute atomic E-state index is 0.0562. The Labute approximate surface area is 175 Å². The van der Waals surface area contributed by atoms with Gasteiger partial charge in [-0.2, -0.15) is 0 Å². The summed E-state index contributed by atoms with van der Waals surface area (Å²) in [7, 11) is 0. The van der Waals surface area contributed by atoms with E-state index in [1.807, 2.05) is 56.3 Å². The molecule has 6 nitrogen and oxygen atoms in total. The van der Waals surface area contributed by atoms with Gasteiger partial charge in [0.2, 0.25) is 5.91 Å². The summed E-state index contributed by atoms with van der Waals surface area (Å²) in [5.41, 5.74) is 11.3. The number of benzene rings is 2. The molecule has 0 aliphatic rings. The number of nitrogens with zero attached hydrogens (tertiary/aromatic N) is 3. The van der Waals surface area contributed by atoms with Crippen LogP contribution in [0, 0.1) is 13.8 Å². The van der Waals surface area contributed by atoms with E-state index in [0.29, 0.717) is 15.1 Å². The van der Waals surface area contributed by atoms with E-state index in [1.165, 1.54) is 11.3 Å². The number of hydrogen-bond acceptors (Lipinski definition) is 4.